The fraction of sp³-hybridized carbons (Fsp3) is 0. The molecule has 58 valence electrons. The summed E-state index contributed by atoms with van der Waals surface area (Å²) in [7, 11) is -6.26. The average molecular weight is 213 g/mol. The Morgan fingerprint density at radius 1 is 0.900 bits per heavy atom. The molecule has 6 nitrogen and oxygen atoms in total. The maximum absolute atomic E-state index is 8.74. The molecule has 0 saturated carbocycles. The van der Waals surface area contributed by atoms with Gasteiger partial charge < -0.3 is 22.0 Å². The van der Waals surface area contributed by atoms with Gasteiger partial charge in [0.1, 0.15) is 0 Å². The van der Waals surface area contributed by atoms with Gasteiger partial charge >= 0.3 is 41.4 Å². The van der Waals surface area contributed by atoms with Crippen molar-refractivity contribution in [2.45, 2.75) is 0 Å². The molecular formula is H9AlMgO6Si2. The van der Waals surface area contributed by atoms with E-state index in [9.17, 15) is 0 Å². The van der Waals surface area contributed by atoms with Gasteiger partial charge in [0.05, 0.1) is 0 Å². The van der Waals surface area contributed by atoms with Crippen LogP contribution >= 0.6 is 0 Å². The van der Waals surface area contributed by atoms with E-state index >= 15 is 0 Å². The molecular weight excluding hydrogens is 203 g/mol. The van der Waals surface area contributed by atoms with Gasteiger partial charge in [0, 0.05) is 0 Å². The molecule has 0 fully saturated rings. The summed E-state index contributed by atoms with van der Waals surface area (Å²) >= 11 is 0. The van der Waals surface area contributed by atoms with Crippen LogP contribution in [0.1, 0.15) is 2.85 Å². The van der Waals surface area contributed by atoms with E-state index in [-0.39, 0.29) is 43.3 Å². The summed E-state index contributed by atoms with van der Waals surface area (Å²) in [4.78, 5) is 28.6. The number of hydrogen-bond acceptors (Lipinski definition) is 2. The molecule has 0 amide bonds. The largest absolute Gasteiger partial charge is 2.00 e. The Kier molecular flexibility index (Phi) is 36.5. The van der Waals surface area contributed by atoms with Crippen LogP contribution in [-0.4, -0.2) is 77.9 Å². The van der Waals surface area contributed by atoms with E-state index in [1.807, 2.05) is 0 Å². The molecule has 0 aromatic carbocycles. The maximum Gasteiger partial charge on any atom is 2.00 e. The van der Waals surface area contributed by atoms with Gasteiger partial charge in [0.25, 0.3) is 0 Å². The zero-order chi connectivity index (χ0) is 7.15. The fourth-order valence-corrected chi connectivity index (χ4v) is 0. The Hall–Kier alpha value is 0.532. The van der Waals surface area contributed by atoms with E-state index in [4.69, 9.17) is 28.1 Å². The van der Waals surface area contributed by atoms with Crippen molar-refractivity contribution in [3.8, 4) is 0 Å². The van der Waals surface area contributed by atoms with Crippen molar-refractivity contribution in [2.75, 3.05) is 0 Å². The van der Waals surface area contributed by atoms with E-state index in [1.54, 1.807) is 0 Å². The minimum Gasteiger partial charge on any atom is -1.00 e. The van der Waals surface area contributed by atoms with Gasteiger partial charge in [-0.05, 0) is 0 Å². The van der Waals surface area contributed by atoms with Crippen LogP contribution in [0.4, 0.5) is 0 Å². The van der Waals surface area contributed by atoms with Gasteiger partial charge in [-0.2, -0.15) is 0 Å². The van der Waals surface area contributed by atoms with Gasteiger partial charge in [-0.15, -0.1) is 0 Å². The van der Waals surface area contributed by atoms with Crippen molar-refractivity contribution in [1.82, 2.24) is 0 Å². The average Bonchev–Trinajstić information content (AvgIpc) is 1.25. The Labute approximate surface area is 89.6 Å². The zero-order valence-corrected chi connectivity index (χ0v) is 7.73. The minimum atomic E-state index is -3.13. The first-order valence-corrected chi connectivity index (χ1v) is 3.91. The van der Waals surface area contributed by atoms with Crippen molar-refractivity contribution in [3.63, 3.8) is 0 Å². The van der Waals surface area contributed by atoms with Crippen LogP contribution in [0.3, 0.4) is 0 Å². The first-order chi connectivity index (χ1) is 3.46. The SMILES string of the molecule is O=[Si](O)O.O=[Si](O)O.[AlH3].[H-].[H-].[Mg+2]. The van der Waals surface area contributed by atoms with Crippen LogP contribution in [0.25, 0.3) is 0 Å². The Balaban J connectivity index is -0.0000000112. The molecule has 0 radical (unpaired) electrons. The zero-order valence-electron chi connectivity index (χ0n) is 6.31. The second-order valence-electron chi connectivity index (χ2n) is 0.565. The molecule has 0 aliphatic carbocycles. The van der Waals surface area contributed by atoms with E-state index in [0.29, 0.717) is 0 Å². The normalized spacial score (nSPS) is 4.80. The molecule has 0 spiro atoms. The molecule has 0 aliphatic heterocycles. The second-order valence-corrected chi connectivity index (χ2v) is 1.70. The quantitative estimate of drug-likeness (QED) is 0.301. The molecule has 0 aromatic heterocycles. The topological polar surface area (TPSA) is 115 Å². The third-order valence-electron chi connectivity index (χ3n) is 0. The van der Waals surface area contributed by atoms with E-state index in [2.05, 4.69) is 0 Å². The van der Waals surface area contributed by atoms with Crippen molar-refractivity contribution >= 4 is 58.8 Å². The molecule has 10 heteroatoms. The van der Waals surface area contributed by atoms with Gasteiger partial charge in [0.15, 0.2) is 17.4 Å². The number of hydrogen-bond donors (Lipinski definition) is 4. The monoisotopic (exact) mass is 212 g/mol. The third kappa shape index (κ3) is 1710. The summed E-state index contributed by atoms with van der Waals surface area (Å²) in [6, 6.07) is 0. The smallest absolute Gasteiger partial charge is 1.00 e. The summed E-state index contributed by atoms with van der Waals surface area (Å²) in [5, 5.41) is 0. The van der Waals surface area contributed by atoms with Crippen LogP contribution in [0.15, 0.2) is 0 Å². The van der Waals surface area contributed by atoms with Crippen molar-refractivity contribution in [3.05, 3.63) is 0 Å². The van der Waals surface area contributed by atoms with Gasteiger partial charge in [-0.1, -0.05) is 0 Å². The second kappa shape index (κ2) is 16.3. The van der Waals surface area contributed by atoms with Crippen molar-refractivity contribution in [1.29, 1.82) is 0 Å². The molecule has 0 heterocycles. The number of rotatable bonds is 0. The summed E-state index contributed by atoms with van der Waals surface area (Å²) < 4.78 is 17.5. The van der Waals surface area contributed by atoms with Gasteiger partial charge in [-0.25, -0.2) is 0 Å². The Morgan fingerprint density at radius 2 is 0.900 bits per heavy atom. The van der Waals surface area contributed by atoms with Gasteiger partial charge in [-0.3, -0.25) is 8.92 Å². The molecule has 0 bridgehead atoms. The van der Waals surface area contributed by atoms with Crippen LogP contribution < -0.4 is 0 Å². The van der Waals surface area contributed by atoms with Crippen LogP contribution in [-0.2, 0) is 8.92 Å². The standard InChI is InChI=1S/Al.Mg.2H2O3Si.5H/c;;2*1-4(2)3;;;;;/h;;2*1-2H;;;;;/q;+2;;;;;;2*-1. The van der Waals surface area contributed by atoms with Gasteiger partial charge in [0.2, 0.25) is 0 Å². The van der Waals surface area contributed by atoms with Crippen molar-refractivity contribution < 1.29 is 31.0 Å². The van der Waals surface area contributed by atoms with Crippen LogP contribution in [0.5, 0.6) is 0 Å². The minimum absolute atomic E-state index is 0. The molecule has 0 rings (SSSR count). The molecule has 0 aromatic rings. The first kappa shape index (κ1) is 22.4. The molecule has 0 saturated heterocycles. The molecule has 0 aliphatic rings. The predicted octanol–water partition coefficient (Wildman–Crippen LogP) is -4.57. The summed E-state index contributed by atoms with van der Waals surface area (Å²) in [5.41, 5.74) is 0. The predicted molar refractivity (Wildman–Crippen MR) is 39.7 cm³/mol. The van der Waals surface area contributed by atoms with E-state index < -0.39 is 18.3 Å². The van der Waals surface area contributed by atoms with Crippen LogP contribution in [0, 0.1) is 0 Å². The Morgan fingerprint density at radius 3 is 0.900 bits per heavy atom. The van der Waals surface area contributed by atoms with Crippen molar-refractivity contribution in [2.24, 2.45) is 0 Å². The maximum atomic E-state index is 8.74. The van der Waals surface area contributed by atoms with E-state index in [1.165, 1.54) is 0 Å². The molecule has 4 N–H and O–H groups in total. The summed E-state index contributed by atoms with van der Waals surface area (Å²) in [6.07, 6.45) is 0. The fourth-order valence-electron chi connectivity index (χ4n) is 0. The van der Waals surface area contributed by atoms with E-state index in [0.717, 1.165) is 0 Å². The molecule has 10 heavy (non-hydrogen) atoms. The van der Waals surface area contributed by atoms with Crippen LogP contribution in [0.2, 0.25) is 0 Å². The summed E-state index contributed by atoms with van der Waals surface area (Å²) in [5.74, 6) is 0. The molecule has 0 unspecified atom stereocenters. The third-order valence-corrected chi connectivity index (χ3v) is 0. The first-order valence-electron chi connectivity index (χ1n) is 1.30. The molecule has 0 atom stereocenters. The summed E-state index contributed by atoms with van der Waals surface area (Å²) in [6.45, 7) is 0. The Bertz CT molecular complexity index is 81.5.